The zero-order valence-electron chi connectivity index (χ0n) is 7.54. The first-order valence-corrected chi connectivity index (χ1v) is 5.31. The van der Waals surface area contributed by atoms with Gasteiger partial charge in [0, 0.05) is 11.3 Å². The molecule has 0 bridgehead atoms. The molecule has 0 spiro atoms. The highest BCUT2D eigenvalue weighted by atomic mass is 35.5. The molecule has 2 rings (SSSR count). The van der Waals surface area contributed by atoms with E-state index in [4.69, 9.17) is 16.8 Å². The minimum absolute atomic E-state index is 0.116. The van der Waals surface area contributed by atoms with E-state index in [-0.39, 0.29) is 5.41 Å². The van der Waals surface area contributed by atoms with Crippen molar-refractivity contribution in [2.24, 2.45) is 16.5 Å². The number of alkyl halides is 1. The third-order valence-corrected chi connectivity index (χ3v) is 3.67. The van der Waals surface area contributed by atoms with Crippen LogP contribution in [0.5, 0.6) is 0 Å². The van der Waals surface area contributed by atoms with Crippen LogP contribution in [0, 0.1) is 11.3 Å². The lowest BCUT2D eigenvalue weighted by molar-refractivity contribution is 0.188. The van der Waals surface area contributed by atoms with Gasteiger partial charge in [-0.25, -0.2) is 0 Å². The number of nitrogens with zero attached hydrogens (tertiary/aromatic N) is 1. The highest BCUT2D eigenvalue weighted by molar-refractivity contribution is 6.18. The minimum atomic E-state index is 0.116. The predicted octanol–water partition coefficient (Wildman–Crippen LogP) is 2.80. The number of fused-ring (bicyclic) bond motifs is 1. The van der Waals surface area contributed by atoms with Gasteiger partial charge in [-0.2, -0.15) is 0 Å². The highest BCUT2D eigenvalue weighted by Gasteiger charge is 2.51. The van der Waals surface area contributed by atoms with E-state index in [0.29, 0.717) is 11.8 Å². The monoisotopic (exact) mass is 199 g/mol. The summed E-state index contributed by atoms with van der Waals surface area (Å²) in [5, 5.41) is 12.2. The molecule has 2 atom stereocenters. The van der Waals surface area contributed by atoms with Gasteiger partial charge in [0.05, 0.1) is 5.71 Å². The molecule has 1 saturated carbocycles. The van der Waals surface area contributed by atoms with E-state index in [1.807, 2.05) is 0 Å². The van der Waals surface area contributed by atoms with Crippen LogP contribution in [0.25, 0.3) is 0 Å². The van der Waals surface area contributed by atoms with Gasteiger partial charge in [-0.15, -0.1) is 11.6 Å². The molecule has 0 aromatic rings. The molecule has 0 heterocycles. The van der Waals surface area contributed by atoms with E-state index in [9.17, 15) is 0 Å². The Bertz CT molecular complexity index is 262. The van der Waals surface area contributed by atoms with Gasteiger partial charge < -0.3 is 5.21 Å². The van der Waals surface area contributed by atoms with Crippen LogP contribution in [-0.2, 0) is 0 Å². The minimum Gasteiger partial charge on any atom is -0.411 e. The summed E-state index contributed by atoms with van der Waals surface area (Å²) in [6.45, 7) is 0. The van der Waals surface area contributed by atoms with Crippen molar-refractivity contribution in [1.29, 1.82) is 0 Å². The summed E-state index contributed by atoms with van der Waals surface area (Å²) in [6.07, 6.45) is 8.54. The molecule has 0 amide bonds. The van der Waals surface area contributed by atoms with Gasteiger partial charge in [0.2, 0.25) is 0 Å². The molecule has 0 aromatic heterocycles. The highest BCUT2D eigenvalue weighted by Crippen LogP contribution is 2.53. The second-order valence-corrected chi connectivity index (χ2v) is 4.30. The van der Waals surface area contributed by atoms with Crippen molar-refractivity contribution in [3.63, 3.8) is 0 Å². The molecule has 0 aromatic carbocycles. The molecule has 1 fully saturated rings. The Morgan fingerprint density at radius 1 is 1.69 bits per heavy atom. The molecule has 13 heavy (non-hydrogen) atoms. The van der Waals surface area contributed by atoms with Crippen LogP contribution in [0.15, 0.2) is 17.3 Å². The van der Waals surface area contributed by atoms with Crippen molar-refractivity contribution in [2.75, 3.05) is 5.88 Å². The number of allylic oxidation sites excluding steroid dienone is 2. The zero-order chi connectivity index (χ0) is 9.31. The largest absolute Gasteiger partial charge is 0.411 e. The van der Waals surface area contributed by atoms with E-state index in [2.05, 4.69) is 17.3 Å². The lowest BCUT2D eigenvalue weighted by Crippen LogP contribution is -2.50. The normalized spacial score (nSPS) is 40.1. The van der Waals surface area contributed by atoms with Crippen LogP contribution in [0.3, 0.4) is 0 Å². The maximum atomic E-state index is 8.84. The van der Waals surface area contributed by atoms with Crippen molar-refractivity contribution in [3.8, 4) is 0 Å². The molecule has 0 radical (unpaired) electrons. The Hall–Kier alpha value is -0.500. The first-order chi connectivity index (χ1) is 6.33. The van der Waals surface area contributed by atoms with Gasteiger partial charge >= 0.3 is 0 Å². The summed E-state index contributed by atoms with van der Waals surface area (Å²) < 4.78 is 0. The first kappa shape index (κ1) is 9.07. The van der Waals surface area contributed by atoms with Crippen LogP contribution in [0.1, 0.15) is 25.7 Å². The summed E-state index contributed by atoms with van der Waals surface area (Å²) in [5.74, 6) is 1.23. The lowest BCUT2D eigenvalue weighted by atomic mass is 9.53. The van der Waals surface area contributed by atoms with E-state index in [0.717, 1.165) is 31.4 Å². The molecular weight excluding hydrogens is 186 g/mol. The maximum absolute atomic E-state index is 8.84. The third-order valence-electron chi connectivity index (χ3n) is 3.48. The number of oxime groups is 1. The Morgan fingerprint density at radius 3 is 3.15 bits per heavy atom. The average Bonchev–Trinajstić information content (AvgIpc) is 2.12. The number of halogens is 1. The molecule has 1 N–H and O–H groups in total. The van der Waals surface area contributed by atoms with Crippen molar-refractivity contribution in [3.05, 3.63) is 12.2 Å². The van der Waals surface area contributed by atoms with Gasteiger partial charge in [0.15, 0.2) is 0 Å². The predicted molar refractivity (Wildman–Crippen MR) is 53.5 cm³/mol. The van der Waals surface area contributed by atoms with E-state index in [1.54, 1.807) is 0 Å². The average molecular weight is 200 g/mol. The Labute approximate surface area is 83.3 Å². The van der Waals surface area contributed by atoms with Crippen molar-refractivity contribution in [1.82, 2.24) is 0 Å². The summed E-state index contributed by atoms with van der Waals surface area (Å²) in [7, 11) is 0. The number of hydrogen-bond acceptors (Lipinski definition) is 2. The van der Waals surface area contributed by atoms with Crippen molar-refractivity contribution in [2.45, 2.75) is 25.7 Å². The van der Waals surface area contributed by atoms with E-state index >= 15 is 0 Å². The summed E-state index contributed by atoms with van der Waals surface area (Å²) >= 11 is 5.79. The quantitative estimate of drug-likeness (QED) is 0.316. The van der Waals surface area contributed by atoms with Gasteiger partial charge in [-0.1, -0.05) is 17.3 Å². The molecule has 2 nitrogen and oxygen atoms in total. The third kappa shape index (κ3) is 1.19. The summed E-state index contributed by atoms with van der Waals surface area (Å²) in [6, 6.07) is 0. The molecule has 2 unspecified atom stereocenters. The standard InChI is InChI=1S/C10H14ClNO/c11-6-5-10-4-2-1-3-8(10)7-9(10)12-13/h1,3,8,13H,2,4-7H2. The SMILES string of the molecule is ON=C1CC2C=CCCC12CCCl. The maximum Gasteiger partial charge on any atom is 0.0645 e. The number of rotatable bonds is 2. The fourth-order valence-corrected chi connectivity index (χ4v) is 2.97. The smallest absolute Gasteiger partial charge is 0.0645 e. The fraction of sp³-hybridized carbons (Fsp3) is 0.700. The van der Waals surface area contributed by atoms with Gasteiger partial charge in [-0.05, 0) is 31.6 Å². The Kier molecular flexibility index (Phi) is 2.33. The molecule has 3 heteroatoms. The molecule has 2 aliphatic rings. The van der Waals surface area contributed by atoms with Crippen molar-refractivity contribution >= 4 is 17.3 Å². The van der Waals surface area contributed by atoms with Gasteiger partial charge in [-0.3, -0.25) is 0 Å². The zero-order valence-corrected chi connectivity index (χ0v) is 8.30. The molecule has 0 saturated heterocycles. The molecule has 72 valence electrons. The topological polar surface area (TPSA) is 32.6 Å². The van der Waals surface area contributed by atoms with Crippen LogP contribution >= 0.6 is 11.6 Å². The number of hydrogen-bond donors (Lipinski definition) is 1. The van der Waals surface area contributed by atoms with Crippen LogP contribution in [-0.4, -0.2) is 16.8 Å². The van der Waals surface area contributed by atoms with E-state index < -0.39 is 0 Å². The van der Waals surface area contributed by atoms with Crippen LogP contribution in [0.2, 0.25) is 0 Å². The van der Waals surface area contributed by atoms with Crippen molar-refractivity contribution < 1.29 is 5.21 Å². The van der Waals surface area contributed by atoms with Crippen LogP contribution in [0.4, 0.5) is 0 Å². The molecular formula is C10H14ClNO. The first-order valence-electron chi connectivity index (χ1n) is 4.77. The lowest BCUT2D eigenvalue weighted by Gasteiger charge is -2.50. The molecule has 2 aliphatic carbocycles. The summed E-state index contributed by atoms with van der Waals surface area (Å²) in [5.41, 5.74) is 1.08. The van der Waals surface area contributed by atoms with Crippen LogP contribution < -0.4 is 0 Å². The summed E-state index contributed by atoms with van der Waals surface area (Å²) in [4.78, 5) is 0. The van der Waals surface area contributed by atoms with Gasteiger partial charge in [0.25, 0.3) is 0 Å². The Morgan fingerprint density at radius 2 is 2.54 bits per heavy atom. The second-order valence-electron chi connectivity index (χ2n) is 3.92. The Balaban J connectivity index is 2.22. The fourth-order valence-electron chi connectivity index (χ4n) is 2.64. The van der Waals surface area contributed by atoms with Gasteiger partial charge in [0.1, 0.15) is 0 Å². The second kappa shape index (κ2) is 3.33. The van der Waals surface area contributed by atoms with E-state index in [1.165, 1.54) is 0 Å². The molecule has 0 aliphatic heterocycles.